The van der Waals surface area contributed by atoms with Crippen LogP contribution in [0, 0.1) is 0 Å². The Bertz CT molecular complexity index is 889. The highest BCUT2D eigenvalue weighted by molar-refractivity contribution is 6.42. The maximum Gasteiger partial charge on any atom is 0.161 e. The zero-order valence-corrected chi connectivity index (χ0v) is 18.4. The highest BCUT2D eigenvalue weighted by atomic mass is 35.5. The summed E-state index contributed by atoms with van der Waals surface area (Å²) >= 11 is 12.0. The van der Waals surface area contributed by atoms with Gasteiger partial charge in [0.25, 0.3) is 0 Å². The molecule has 5 nitrogen and oxygen atoms in total. The van der Waals surface area contributed by atoms with Crippen molar-refractivity contribution in [1.82, 2.24) is 14.9 Å². The van der Waals surface area contributed by atoms with Gasteiger partial charge in [0, 0.05) is 25.5 Å². The summed E-state index contributed by atoms with van der Waals surface area (Å²) in [5.41, 5.74) is 2.08. The molecule has 29 heavy (non-hydrogen) atoms. The third-order valence-electron chi connectivity index (χ3n) is 4.26. The molecule has 0 aliphatic heterocycles. The number of aromatic nitrogens is 2. The monoisotopic (exact) mass is 455 g/mol. The molecular weight excluding hydrogens is 433 g/mol. The number of ether oxygens (including phenoxy) is 2. The number of rotatable bonds is 10. The molecule has 0 aliphatic rings. The van der Waals surface area contributed by atoms with Gasteiger partial charge in [-0.25, -0.2) is 4.98 Å². The average Bonchev–Trinajstić information content (AvgIpc) is 3.22. The van der Waals surface area contributed by atoms with Gasteiger partial charge in [-0.2, -0.15) is 0 Å². The van der Waals surface area contributed by atoms with Crippen molar-refractivity contribution in [3.8, 4) is 11.5 Å². The molecule has 0 amide bonds. The number of benzene rings is 2. The first-order valence-corrected chi connectivity index (χ1v) is 9.81. The van der Waals surface area contributed by atoms with Gasteiger partial charge < -0.3 is 19.4 Å². The van der Waals surface area contributed by atoms with Crippen molar-refractivity contribution in [1.29, 1.82) is 0 Å². The van der Waals surface area contributed by atoms with E-state index in [1.807, 2.05) is 36.8 Å². The number of nitrogens with one attached hydrogen (secondary N) is 1. The van der Waals surface area contributed by atoms with Gasteiger partial charge in [-0.3, -0.25) is 0 Å². The van der Waals surface area contributed by atoms with Crippen LogP contribution in [0.15, 0.2) is 55.1 Å². The minimum atomic E-state index is 0. The highest BCUT2D eigenvalue weighted by Gasteiger charge is 2.07. The number of nitrogens with zero attached hydrogens (tertiary/aromatic N) is 2. The second-order valence-corrected chi connectivity index (χ2v) is 7.17. The average molecular weight is 457 g/mol. The molecule has 3 aromatic rings. The van der Waals surface area contributed by atoms with Gasteiger partial charge in [-0.1, -0.05) is 35.3 Å². The lowest BCUT2D eigenvalue weighted by atomic mass is 10.2. The molecule has 8 heteroatoms. The fourth-order valence-electron chi connectivity index (χ4n) is 2.77. The Balaban J connectivity index is 0.00000300. The van der Waals surface area contributed by atoms with Gasteiger partial charge >= 0.3 is 0 Å². The van der Waals surface area contributed by atoms with Crippen LogP contribution >= 0.6 is 35.6 Å². The molecule has 2 aromatic carbocycles. The molecule has 1 aromatic heterocycles. The van der Waals surface area contributed by atoms with Crippen LogP contribution in [0.3, 0.4) is 0 Å². The summed E-state index contributed by atoms with van der Waals surface area (Å²) in [6, 6.07) is 11.4. The topological polar surface area (TPSA) is 48.3 Å². The molecule has 1 heterocycles. The van der Waals surface area contributed by atoms with Crippen molar-refractivity contribution in [2.24, 2.45) is 0 Å². The standard InChI is InChI=1S/C21H23Cl2N3O2.ClH/c1-27-21-12-16(13-24-7-2-9-26-10-8-25-15-26)4-6-20(21)28-14-17-3-5-18(22)19(23)11-17;/h3-6,8,10-12,15,24H,2,7,9,13-14H2,1H3;1H. The van der Waals surface area contributed by atoms with E-state index in [0.29, 0.717) is 28.2 Å². The van der Waals surface area contributed by atoms with E-state index in [2.05, 4.69) is 14.9 Å². The molecule has 1 N–H and O–H groups in total. The van der Waals surface area contributed by atoms with Crippen LogP contribution in [0.1, 0.15) is 17.5 Å². The molecular formula is C21H24Cl3N3O2. The normalized spacial score (nSPS) is 10.4. The molecule has 0 atom stereocenters. The van der Waals surface area contributed by atoms with E-state index >= 15 is 0 Å². The number of hydrogen-bond acceptors (Lipinski definition) is 4. The van der Waals surface area contributed by atoms with Gasteiger partial charge in [-0.15, -0.1) is 12.4 Å². The summed E-state index contributed by atoms with van der Waals surface area (Å²) in [6.45, 7) is 3.04. The predicted octanol–water partition coefficient (Wildman–Crippen LogP) is 5.38. The summed E-state index contributed by atoms with van der Waals surface area (Å²) < 4.78 is 13.5. The zero-order chi connectivity index (χ0) is 19.8. The first kappa shape index (κ1) is 23.4. The summed E-state index contributed by atoms with van der Waals surface area (Å²) in [4.78, 5) is 4.04. The highest BCUT2D eigenvalue weighted by Crippen LogP contribution is 2.29. The molecule has 0 unspecified atom stereocenters. The van der Waals surface area contributed by atoms with E-state index in [0.717, 1.165) is 37.2 Å². The lowest BCUT2D eigenvalue weighted by molar-refractivity contribution is 0.284. The molecule has 0 fully saturated rings. The van der Waals surface area contributed by atoms with Crippen molar-refractivity contribution in [2.75, 3.05) is 13.7 Å². The summed E-state index contributed by atoms with van der Waals surface area (Å²) in [7, 11) is 1.64. The third kappa shape index (κ3) is 7.12. The minimum Gasteiger partial charge on any atom is -0.493 e. The van der Waals surface area contributed by atoms with Gasteiger partial charge in [0.2, 0.25) is 0 Å². The SMILES string of the molecule is COc1cc(CNCCCn2ccnc2)ccc1OCc1ccc(Cl)c(Cl)c1.Cl. The first-order chi connectivity index (χ1) is 13.7. The van der Waals surface area contributed by atoms with Gasteiger partial charge in [0.1, 0.15) is 6.61 Å². The molecule has 0 aliphatic carbocycles. The van der Waals surface area contributed by atoms with Crippen LogP contribution in [0.25, 0.3) is 0 Å². The number of hydrogen-bond donors (Lipinski definition) is 1. The van der Waals surface area contributed by atoms with Crippen LogP contribution in [0.5, 0.6) is 11.5 Å². The maximum atomic E-state index is 6.05. The quantitative estimate of drug-likeness (QED) is 0.416. The molecule has 156 valence electrons. The summed E-state index contributed by atoms with van der Waals surface area (Å²) in [6.07, 6.45) is 6.65. The molecule has 0 saturated carbocycles. The molecule has 0 saturated heterocycles. The van der Waals surface area contributed by atoms with Gasteiger partial charge in [0.05, 0.1) is 23.5 Å². The van der Waals surface area contributed by atoms with Crippen molar-refractivity contribution in [2.45, 2.75) is 26.1 Å². The Morgan fingerprint density at radius 2 is 1.86 bits per heavy atom. The number of imidazole rings is 1. The second-order valence-electron chi connectivity index (χ2n) is 6.35. The predicted molar refractivity (Wildman–Crippen MR) is 120 cm³/mol. The fourth-order valence-corrected chi connectivity index (χ4v) is 3.09. The van der Waals surface area contributed by atoms with Gasteiger partial charge in [0.15, 0.2) is 11.5 Å². The lowest BCUT2D eigenvalue weighted by Crippen LogP contribution is -2.16. The van der Waals surface area contributed by atoms with Crippen molar-refractivity contribution < 1.29 is 9.47 Å². The van der Waals surface area contributed by atoms with E-state index < -0.39 is 0 Å². The number of halogens is 3. The Labute approximate surface area is 187 Å². The smallest absolute Gasteiger partial charge is 0.161 e. The van der Waals surface area contributed by atoms with Crippen LogP contribution in [0.2, 0.25) is 10.0 Å². The van der Waals surface area contributed by atoms with Crippen LogP contribution in [0.4, 0.5) is 0 Å². The first-order valence-electron chi connectivity index (χ1n) is 9.06. The van der Waals surface area contributed by atoms with Crippen LogP contribution in [-0.4, -0.2) is 23.2 Å². The fraction of sp³-hybridized carbons (Fsp3) is 0.286. The van der Waals surface area contributed by atoms with Crippen molar-refractivity contribution in [3.05, 3.63) is 76.3 Å². The van der Waals surface area contributed by atoms with E-state index in [4.69, 9.17) is 32.7 Å². The molecule has 3 rings (SSSR count). The van der Waals surface area contributed by atoms with E-state index in [9.17, 15) is 0 Å². The number of methoxy groups -OCH3 is 1. The largest absolute Gasteiger partial charge is 0.493 e. The number of aryl methyl sites for hydroxylation is 1. The van der Waals surface area contributed by atoms with E-state index in [1.54, 1.807) is 25.4 Å². The molecule has 0 spiro atoms. The van der Waals surface area contributed by atoms with Crippen molar-refractivity contribution >= 4 is 35.6 Å². The van der Waals surface area contributed by atoms with E-state index in [1.165, 1.54) is 0 Å². The minimum absolute atomic E-state index is 0. The molecule has 0 radical (unpaired) electrons. The Morgan fingerprint density at radius 3 is 2.59 bits per heavy atom. The zero-order valence-electron chi connectivity index (χ0n) is 16.1. The summed E-state index contributed by atoms with van der Waals surface area (Å²) in [5, 5.41) is 4.50. The Kier molecular flexibility index (Phi) is 9.61. The van der Waals surface area contributed by atoms with E-state index in [-0.39, 0.29) is 12.4 Å². The van der Waals surface area contributed by atoms with Gasteiger partial charge in [-0.05, 0) is 48.4 Å². The summed E-state index contributed by atoms with van der Waals surface area (Å²) in [5.74, 6) is 1.40. The second kappa shape index (κ2) is 11.9. The Morgan fingerprint density at radius 1 is 1.03 bits per heavy atom. The lowest BCUT2D eigenvalue weighted by Gasteiger charge is -2.13. The van der Waals surface area contributed by atoms with Crippen LogP contribution < -0.4 is 14.8 Å². The third-order valence-corrected chi connectivity index (χ3v) is 5.00. The van der Waals surface area contributed by atoms with Crippen molar-refractivity contribution in [3.63, 3.8) is 0 Å². The molecule has 0 bridgehead atoms. The van der Waals surface area contributed by atoms with Crippen LogP contribution in [-0.2, 0) is 19.7 Å². The Hall–Kier alpha value is -1.92. The maximum absolute atomic E-state index is 6.05.